The molecule has 3 saturated heterocycles. The molecule has 7 nitrogen and oxygen atoms in total. The van der Waals surface area contributed by atoms with Crippen LogP contribution in [0.2, 0.25) is 0 Å². The number of nitrogens with one attached hydrogen (secondary N) is 2. The third kappa shape index (κ3) is 5.58. The van der Waals surface area contributed by atoms with E-state index in [1.807, 2.05) is 12.3 Å². The Hall–Kier alpha value is -2.93. The summed E-state index contributed by atoms with van der Waals surface area (Å²) in [4.78, 5) is 32.9. The molecule has 2 amide bonds. The fourth-order valence-electron chi connectivity index (χ4n) is 5.58. The van der Waals surface area contributed by atoms with E-state index < -0.39 is 0 Å². The summed E-state index contributed by atoms with van der Waals surface area (Å²) in [6.45, 7) is 5.77. The van der Waals surface area contributed by atoms with Crippen molar-refractivity contribution in [3.8, 4) is 0 Å². The highest BCUT2D eigenvalue weighted by atomic mass is 16.2. The summed E-state index contributed by atoms with van der Waals surface area (Å²) in [5.41, 5.74) is 2.32. The maximum Gasteiger partial charge on any atom is 0.249 e. The van der Waals surface area contributed by atoms with Gasteiger partial charge in [0.1, 0.15) is 11.9 Å². The Kier molecular flexibility index (Phi) is 7.09. The SMILES string of the molecule is O=C1CCC(Nc2ccc(C3CCN(CC4CCN(c5ccccn5)CC4)CC3)cc2)C(=O)N1. The molecule has 1 aromatic heterocycles. The first-order valence-corrected chi connectivity index (χ1v) is 12.7. The van der Waals surface area contributed by atoms with Crippen LogP contribution in [0.4, 0.5) is 11.5 Å². The van der Waals surface area contributed by atoms with Crippen LogP contribution in [0.25, 0.3) is 0 Å². The van der Waals surface area contributed by atoms with Crippen molar-refractivity contribution in [2.24, 2.45) is 5.92 Å². The van der Waals surface area contributed by atoms with Crippen molar-refractivity contribution in [3.63, 3.8) is 0 Å². The number of carbonyl (C=O) groups is 2. The van der Waals surface area contributed by atoms with Crippen LogP contribution in [-0.4, -0.2) is 60.5 Å². The second-order valence-corrected chi connectivity index (χ2v) is 9.96. The average molecular weight is 462 g/mol. The first-order chi connectivity index (χ1) is 16.6. The maximum atomic E-state index is 12.0. The van der Waals surface area contributed by atoms with Gasteiger partial charge in [-0.1, -0.05) is 18.2 Å². The molecule has 0 bridgehead atoms. The van der Waals surface area contributed by atoms with E-state index in [1.54, 1.807) is 0 Å². The van der Waals surface area contributed by atoms with E-state index in [0.29, 0.717) is 18.8 Å². The van der Waals surface area contributed by atoms with E-state index in [2.05, 4.69) is 61.8 Å². The van der Waals surface area contributed by atoms with Gasteiger partial charge in [-0.15, -0.1) is 0 Å². The third-order valence-electron chi connectivity index (χ3n) is 7.65. The van der Waals surface area contributed by atoms with Crippen LogP contribution in [-0.2, 0) is 9.59 Å². The molecule has 3 fully saturated rings. The fourth-order valence-corrected chi connectivity index (χ4v) is 5.58. The molecule has 4 heterocycles. The van der Waals surface area contributed by atoms with E-state index in [9.17, 15) is 9.59 Å². The Labute approximate surface area is 201 Å². The van der Waals surface area contributed by atoms with Crippen molar-refractivity contribution in [3.05, 3.63) is 54.2 Å². The first-order valence-electron chi connectivity index (χ1n) is 12.7. The smallest absolute Gasteiger partial charge is 0.249 e. The molecular formula is C27H35N5O2. The van der Waals surface area contributed by atoms with Crippen LogP contribution in [0, 0.1) is 5.92 Å². The van der Waals surface area contributed by atoms with E-state index in [1.165, 1.54) is 50.9 Å². The number of pyridine rings is 1. The Bertz CT molecular complexity index is 964. The van der Waals surface area contributed by atoms with Gasteiger partial charge in [0, 0.05) is 37.9 Å². The number of nitrogens with zero attached hydrogens (tertiary/aromatic N) is 3. The minimum atomic E-state index is -0.331. The van der Waals surface area contributed by atoms with Gasteiger partial charge < -0.3 is 15.1 Å². The Balaban J connectivity index is 1.05. The van der Waals surface area contributed by atoms with Crippen molar-refractivity contribution in [2.45, 2.75) is 50.5 Å². The monoisotopic (exact) mass is 461 g/mol. The number of rotatable bonds is 6. The second-order valence-electron chi connectivity index (χ2n) is 9.96. The number of imide groups is 1. The van der Waals surface area contributed by atoms with Crippen molar-refractivity contribution in [1.29, 1.82) is 0 Å². The largest absolute Gasteiger partial charge is 0.374 e. The zero-order chi connectivity index (χ0) is 23.3. The second kappa shape index (κ2) is 10.6. The minimum Gasteiger partial charge on any atom is -0.374 e. The lowest BCUT2D eigenvalue weighted by atomic mass is 9.88. The number of carbonyl (C=O) groups excluding carboxylic acids is 2. The number of likely N-dealkylation sites (tertiary alicyclic amines) is 1. The molecular weight excluding hydrogens is 426 g/mol. The molecule has 0 radical (unpaired) electrons. The lowest BCUT2D eigenvalue weighted by Crippen LogP contribution is -2.47. The van der Waals surface area contributed by atoms with Crippen LogP contribution in [0.3, 0.4) is 0 Å². The summed E-state index contributed by atoms with van der Waals surface area (Å²) in [6, 6.07) is 14.4. The molecule has 180 valence electrons. The van der Waals surface area contributed by atoms with Crippen molar-refractivity contribution < 1.29 is 9.59 Å². The normalized spacial score (nSPS) is 23.1. The van der Waals surface area contributed by atoms with Gasteiger partial charge in [0.05, 0.1) is 0 Å². The summed E-state index contributed by atoms with van der Waals surface area (Å²) in [5, 5.41) is 5.67. The topological polar surface area (TPSA) is 77.6 Å². The van der Waals surface area contributed by atoms with E-state index in [4.69, 9.17) is 0 Å². The lowest BCUT2D eigenvalue weighted by molar-refractivity contribution is -0.133. The molecule has 1 unspecified atom stereocenters. The Morgan fingerprint density at radius 2 is 1.68 bits per heavy atom. The Morgan fingerprint density at radius 1 is 0.912 bits per heavy atom. The van der Waals surface area contributed by atoms with Crippen molar-refractivity contribution >= 4 is 23.3 Å². The quantitative estimate of drug-likeness (QED) is 0.642. The summed E-state index contributed by atoms with van der Waals surface area (Å²) in [7, 11) is 0. The summed E-state index contributed by atoms with van der Waals surface area (Å²) < 4.78 is 0. The fraction of sp³-hybridized carbons (Fsp3) is 0.519. The van der Waals surface area contributed by atoms with Crippen LogP contribution >= 0.6 is 0 Å². The minimum absolute atomic E-state index is 0.181. The van der Waals surface area contributed by atoms with Crippen LogP contribution < -0.4 is 15.5 Å². The molecule has 2 aromatic rings. The highest BCUT2D eigenvalue weighted by Gasteiger charge is 2.27. The van der Waals surface area contributed by atoms with Crippen LogP contribution in [0.15, 0.2) is 48.7 Å². The van der Waals surface area contributed by atoms with Gasteiger partial charge >= 0.3 is 0 Å². The molecule has 5 rings (SSSR count). The van der Waals surface area contributed by atoms with Gasteiger partial charge in [0.2, 0.25) is 11.8 Å². The predicted molar refractivity (Wildman–Crippen MR) is 134 cm³/mol. The molecule has 2 N–H and O–H groups in total. The number of anilines is 2. The predicted octanol–water partition coefficient (Wildman–Crippen LogP) is 3.39. The van der Waals surface area contributed by atoms with Gasteiger partial charge in [0.25, 0.3) is 0 Å². The van der Waals surface area contributed by atoms with Crippen LogP contribution in [0.5, 0.6) is 0 Å². The zero-order valence-corrected chi connectivity index (χ0v) is 19.8. The maximum absolute atomic E-state index is 12.0. The highest BCUT2D eigenvalue weighted by Crippen LogP contribution is 2.30. The molecule has 0 spiro atoms. The van der Waals surface area contributed by atoms with Crippen LogP contribution in [0.1, 0.15) is 50.0 Å². The Morgan fingerprint density at radius 3 is 2.35 bits per heavy atom. The van der Waals surface area contributed by atoms with E-state index >= 15 is 0 Å². The molecule has 34 heavy (non-hydrogen) atoms. The van der Waals surface area contributed by atoms with Gasteiger partial charge in [-0.25, -0.2) is 4.98 Å². The van der Waals surface area contributed by atoms with Gasteiger partial charge in [-0.05, 0) is 86.9 Å². The standard InChI is InChI=1S/C27H35N5O2/c33-26-9-8-24(27(34)30-26)29-23-6-4-21(5-7-23)22-12-15-31(16-13-22)19-20-10-17-32(18-11-20)25-3-1-2-14-28-25/h1-7,14,20,22,24,29H,8-13,15-19H2,(H,30,33,34). The molecule has 3 aliphatic rings. The van der Waals surface area contributed by atoms with E-state index in [0.717, 1.165) is 30.5 Å². The summed E-state index contributed by atoms with van der Waals surface area (Å²) >= 11 is 0. The van der Waals surface area contributed by atoms with Gasteiger partial charge in [-0.2, -0.15) is 0 Å². The number of piperidine rings is 3. The van der Waals surface area contributed by atoms with Gasteiger partial charge in [0.15, 0.2) is 0 Å². The average Bonchev–Trinajstić information content (AvgIpc) is 2.88. The molecule has 7 heteroatoms. The molecule has 1 aromatic carbocycles. The van der Waals surface area contributed by atoms with Gasteiger partial charge in [-0.3, -0.25) is 14.9 Å². The molecule has 0 saturated carbocycles. The van der Waals surface area contributed by atoms with E-state index in [-0.39, 0.29) is 17.9 Å². The number of hydrogen-bond acceptors (Lipinski definition) is 6. The number of benzene rings is 1. The zero-order valence-electron chi connectivity index (χ0n) is 19.8. The highest BCUT2D eigenvalue weighted by molar-refractivity contribution is 6.01. The lowest BCUT2D eigenvalue weighted by Gasteiger charge is -2.38. The third-order valence-corrected chi connectivity index (χ3v) is 7.65. The number of amides is 2. The number of aromatic nitrogens is 1. The van der Waals surface area contributed by atoms with Crippen molar-refractivity contribution in [1.82, 2.24) is 15.2 Å². The summed E-state index contributed by atoms with van der Waals surface area (Å²) in [5.74, 6) is 2.09. The summed E-state index contributed by atoms with van der Waals surface area (Å²) in [6.07, 6.45) is 7.72. The number of hydrogen-bond donors (Lipinski definition) is 2. The van der Waals surface area contributed by atoms with Crippen molar-refractivity contribution in [2.75, 3.05) is 42.9 Å². The first kappa shape index (κ1) is 22.8. The molecule has 3 aliphatic heterocycles. The molecule has 1 atom stereocenters. The molecule has 0 aliphatic carbocycles.